The van der Waals surface area contributed by atoms with Gasteiger partial charge in [-0.05, 0) is 104 Å². The monoisotopic (exact) mass is 453 g/mol. The second kappa shape index (κ2) is 23.6. The molecule has 0 heterocycles. The lowest BCUT2D eigenvalue weighted by Gasteiger charge is -2.19. The van der Waals surface area contributed by atoms with Gasteiger partial charge in [-0.15, -0.1) is 0 Å². The molecule has 0 aromatic rings. The molecule has 4 N–H and O–H groups in total. The minimum absolute atomic E-state index is 0.179. The molecule has 10 heteroatoms. The summed E-state index contributed by atoms with van der Waals surface area (Å²) in [7, 11) is -1.20. The van der Waals surface area contributed by atoms with E-state index in [0.29, 0.717) is 6.42 Å². The highest BCUT2D eigenvalue weighted by molar-refractivity contribution is 7.45. The molecule has 182 valence electrons. The molecule has 0 fully saturated rings. The predicted octanol–water partition coefficient (Wildman–Crippen LogP) is 1.24. The summed E-state index contributed by atoms with van der Waals surface area (Å²) in [4.78, 5) is 11.0. The topological polar surface area (TPSA) is 116 Å². The van der Waals surface area contributed by atoms with Gasteiger partial charge >= 0.3 is 0 Å². The molecular formula is C20H46N4O5P-. The lowest BCUT2D eigenvalue weighted by Crippen LogP contribution is -2.25. The van der Waals surface area contributed by atoms with Crippen LogP contribution in [0.2, 0.25) is 0 Å². The van der Waals surface area contributed by atoms with Gasteiger partial charge in [0.15, 0.2) is 0 Å². The van der Waals surface area contributed by atoms with E-state index in [0.717, 1.165) is 85.3 Å². The normalized spacial score (nSPS) is 13.6. The fourth-order valence-corrected chi connectivity index (χ4v) is 3.21. The Kier molecular flexibility index (Phi) is 23.5. The molecule has 0 aromatic heterocycles. The van der Waals surface area contributed by atoms with Gasteiger partial charge in [-0.25, -0.2) is 0 Å². The van der Waals surface area contributed by atoms with Crippen molar-refractivity contribution >= 4 is 7.82 Å². The van der Waals surface area contributed by atoms with Crippen LogP contribution < -0.4 is 26.2 Å². The zero-order valence-corrected chi connectivity index (χ0v) is 20.1. The van der Waals surface area contributed by atoms with Crippen molar-refractivity contribution in [3.8, 4) is 0 Å². The first-order chi connectivity index (χ1) is 14.6. The number of methoxy groups -OCH3 is 1. The van der Waals surface area contributed by atoms with E-state index in [1.54, 1.807) is 7.11 Å². The van der Waals surface area contributed by atoms with Crippen LogP contribution in [-0.4, -0.2) is 79.8 Å². The molecule has 0 aromatic carbocycles. The molecule has 0 aliphatic rings. The SMILES string of the molecule is COCCCCNCCCNCCCCNCCCNCCCCOP(=O)([O-])OC. The van der Waals surface area contributed by atoms with Crippen molar-refractivity contribution in [2.75, 3.05) is 79.8 Å². The van der Waals surface area contributed by atoms with Crippen LogP contribution >= 0.6 is 7.82 Å². The van der Waals surface area contributed by atoms with Crippen LogP contribution in [0.3, 0.4) is 0 Å². The van der Waals surface area contributed by atoms with Gasteiger partial charge in [-0.1, -0.05) is 0 Å². The van der Waals surface area contributed by atoms with Crippen molar-refractivity contribution in [2.24, 2.45) is 0 Å². The Morgan fingerprint density at radius 2 is 0.967 bits per heavy atom. The Labute approximate surface area is 184 Å². The van der Waals surface area contributed by atoms with E-state index in [4.69, 9.17) is 4.74 Å². The van der Waals surface area contributed by atoms with Gasteiger partial charge in [0, 0.05) is 20.8 Å². The summed E-state index contributed by atoms with van der Waals surface area (Å²) in [5, 5.41) is 13.8. The van der Waals surface area contributed by atoms with Crippen LogP contribution in [0.4, 0.5) is 0 Å². The van der Waals surface area contributed by atoms with Crippen molar-refractivity contribution in [1.82, 2.24) is 21.3 Å². The number of hydrogen-bond donors (Lipinski definition) is 4. The molecule has 0 amide bonds. The second-order valence-corrected chi connectivity index (χ2v) is 8.80. The highest BCUT2D eigenvalue weighted by atomic mass is 31.2. The maximum Gasteiger partial charge on any atom is 0.267 e. The zero-order chi connectivity index (χ0) is 22.2. The number of unbranched alkanes of at least 4 members (excludes halogenated alkanes) is 3. The number of phosphoric ester groups is 1. The Hall–Kier alpha value is -0.0900. The van der Waals surface area contributed by atoms with Crippen LogP contribution in [0.1, 0.15) is 51.4 Å². The number of rotatable bonds is 25. The van der Waals surface area contributed by atoms with E-state index in [1.807, 2.05) is 0 Å². The average Bonchev–Trinajstić information content (AvgIpc) is 2.74. The third-order valence-electron chi connectivity index (χ3n) is 4.54. The van der Waals surface area contributed by atoms with Crippen molar-refractivity contribution in [3.05, 3.63) is 0 Å². The standard InChI is InChI=1S/C20H47N4O5P/c1-27-19-7-5-13-23-17-9-15-21-11-3-4-12-22-16-10-18-24-14-6-8-20-29-30(25,26)28-2/h21-24H,3-20H2,1-2H3,(H,25,26)/p-1. The van der Waals surface area contributed by atoms with Crippen molar-refractivity contribution in [3.63, 3.8) is 0 Å². The lowest BCUT2D eigenvalue weighted by atomic mass is 10.3. The summed E-state index contributed by atoms with van der Waals surface area (Å²) in [6.07, 6.45) is 8.56. The van der Waals surface area contributed by atoms with E-state index in [-0.39, 0.29) is 6.61 Å². The Balaban J connectivity index is 3.06. The molecule has 1 unspecified atom stereocenters. The van der Waals surface area contributed by atoms with E-state index >= 15 is 0 Å². The molecule has 0 spiro atoms. The van der Waals surface area contributed by atoms with Crippen molar-refractivity contribution in [2.45, 2.75) is 51.4 Å². The Bertz CT molecular complexity index is 394. The molecule has 0 saturated carbocycles. The van der Waals surface area contributed by atoms with Gasteiger partial charge in [0.25, 0.3) is 7.82 Å². The summed E-state index contributed by atoms with van der Waals surface area (Å²) < 4.78 is 24.9. The van der Waals surface area contributed by atoms with Gasteiger partial charge in [0.05, 0.1) is 6.61 Å². The summed E-state index contributed by atoms with van der Waals surface area (Å²) in [5.74, 6) is 0. The highest BCUT2D eigenvalue weighted by Gasteiger charge is 2.04. The van der Waals surface area contributed by atoms with Crippen LogP contribution in [-0.2, 0) is 18.3 Å². The maximum absolute atomic E-state index is 11.0. The van der Waals surface area contributed by atoms with Crippen LogP contribution in [0.15, 0.2) is 0 Å². The first kappa shape index (κ1) is 29.9. The smallest absolute Gasteiger partial charge is 0.267 e. The summed E-state index contributed by atoms with van der Waals surface area (Å²) in [6, 6.07) is 0. The molecular weight excluding hydrogens is 407 g/mol. The molecule has 9 nitrogen and oxygen atoms in total. The van der Waals surface area contributed by atoms with Crippen molar-refractivity contribution < 1.29 is 23.2 Å². The summed E-state index contributed by atoms with van der Waals surface area (Å²) in [6.45, 7) is 9.30. The van der Waals surface area contributed by atoms with Crippen LogP contribution in [0.5, 0.6) is 0 Å². The number of phosphoric acid groups is 1. The molecule has 1 atom stereocenters. The van der Waals surface area contributed by atoms with Crippen molar-refractivity contribution in [1.29, 1.82) is 0 Å². The fraction of sp³-hybridized carbons (Fsp3) is 1.00. The van der Waals surface area contributed by atoms with Gasteiger partial charge < -0.3 is 39.9 Å². The fourth-order valence-electron chi connectivity index (χ4n) is 2.75. The first-order valence-corrected chi connectivity index (χ1v) is 12.9. The molecule has 0 rings (SSSR count). The van der Waals surface area contributed by atoms with Gasteiger partial charge in [-0.3, -0.25) is 4.57 Å². The van der Waals surface area contributed by atoms with Gasteiger partial charge in [0.2, 0.25) is 0 Å². The minimum atomic E-state index is -4.06. The zero-order valence-electron chi connectivity index (χ0n) is 19.2. The maximum atomic E-state index is 11.0. The Morgan fingerprint density at radius 1 is 0.600 bits per heavy atom. The average molecular weight is 454 g/mol. The van der Waals surface area contributed by atoms with E-state index < -0.39 is 7.82 Å². The molecule has 0 radical (unpaired) electrons. The molecule has 30 heavy (non-hydrogen) atoms. The van der Waals surface area contributed by atoms with Crippen LogP contribution in [0.25, 0.3) is 0 Å². The van der Waals surface area contributed by atoms with E-state index in [1.165, 1.54) is 25.7 Å². The molecule has 0 aliphatic carbocycles. The largest absolute Gasteiger partial charge is 0.756 e. The quantitative estimate of drug-likeness (QED) is 0.120. The first-order valence-electron chi connectivity index (χ1n) is 11.5. The third-order valence-corrected chi connectivity index (χ3v) is 5.49. The van der Waals surface area contributed by atoms with E-state index in [2.05, 4.69) is 30.3 Å². The number of hydrogen-bond acceptors (Lipinski definition) is 9. The highest BCUT2D eigenvalue weighted by Crippen LogP contribution is 2.36. The van der Waals surface area contributed by atoms with Gasteiger partial charge in [-0.2, -0.15) is 0 Å². The summed E-state index contributed by atoms with van der Waals surface area (Å²) in [5.41, 5.74) is 0. The predicted molar refractivity (Wildman–Crippen MR) is 121 cm³/mol. The lowest BCUT2D eigenvalue weighted by molar-refractivity contribution is -0.223. The molecule has 0 bridgehead atoms. The van der Waals surface area contributed by atoms with Crippen LogP contribution in [0, 0.1) is 0 Å². The van der Waals surface area contributed by atoms with E-state index in [9.17, 15) is 9.46 Å². The third kappa shape index (κ3) is 24.2. The number of nitrogens with one attached hydrogen (secondary N) is 4. The molecule has 0 aliphatic heterocycles. The van der Waals surface area contributed by atoms with Gasteiger partial charge in [0.1, 0.15) is 0 Å². The summed E-state index contributed by atoms with van der Waals surface area (Å²) >= 11 is 0. The minimum Gasteiger partial charge on any atom is -0.756 e. The Morgan fingerprint density at radius 3 is 1.37 bits per heavy atom. The second-order valence-electron chi connectivity index (χ2n) is 7.28. The molecule has 0 saturated heterocycles. The number of ether oxygens (including phenoxy) is 1.